The maximum Gasteiger partial charge on any atom is 0.220 e. The molecule has 2 fully saturated rings. The fourth-order valence-corrected chi connectivity index (χ4v) is 4.84. The summed E-state index contributed by atoms with van der Waals surface area (Å²) in [5.74, 6) is 0.979. The van der Waals surface area contributed by atoms with Crippen molar-refractivity contribution in [2.45, 2.75) is 57.9 Å². The van der Waals surface area contributed by atoms with E-state index in [4.69, 9.17) is 17.3 Å². The summed E-state index contributed by atoms with van der Waals surface area (Å²) in [6.07, 6.45) is 7.36. The van der Waals surface area contributed by atoms with Gasteiger partial charge >= 0.3 is 0 Å². The minimum Gasteiger partial charge on any atom is -0.369 e. The number of piperazine rings is 1. The summed E-state index contributed by atoms with van der Waals surface area (Å²) in [6.45, 7) is 8.29. The summed E-state index contributed by atoms with van der Waals surface area (Å²) < 4.78 is 0. The lowest BCUT2D eigenvalue weighted by Gasteiger charge is -2.38. The average Bonchev–Trinajstić information content (AvgIpc) is 2.74. The minimum absolute atomic E-state index is 0.173. The van der Waals surface area contributed by atoms with Gasteiger partial charge in [0.05, 0.1) is 0 Å². The number of nitrogens with two attached hydrogens (primary N) is 1. The largest absolute Gasteiger partial charge is 0.369 e. The van der Waals surface area contributed by atoms with E-state index in [1.807, 2.05) is 12.1 Å². The number of nitrogens with one attached hydrogen (secondary N) is 1. The molecule has 2 aliphatic rings. The van der Waals surface area contributed by atoms with Crippen LogP contribution in [-0.2, 0) is 4.79 Å². The van der Waals surface area contributed by atoms with Crippen molar-refractivity contribution in [1.29, 1.82) is 0 Å². The van der Waals surface area contributed by atoms with Crippen LogP contribution in [0.3, 0.4) is 0 Å². The second kappa shape index (κ2) is 11.2. The van der Waals surface area contributed by atoms with Gasteiger partial charge in [0, 0.05) is 49.4 Å². The van der Waals surface area contributed by atoms with E-state index >= 15 is 0 Å². The molecular formula is C23H37ClN4O. The van der Waals surface area contributed by atoms with Crippen LogP contribution >= 0.6 is 11.6 Å². The normalized spacial score (nSPS) is 23.2. The van der Waals surface area contributed by atoms with E-state index in [0.717, 1.165) is 56.4 Å². The van der Waals surface area contributed by atoms with Crippen molar-refractivity contribution in [3.8, 4) is 0 Å². The predicted octanol–water partition coefficient (Wildman–Crippen LogP) is 3.57. The third-order valence-electron chi connectivity index (χ3n) is 6.63. The second-order valence-electron chi connectivity index (χ2n) is 8.68. The van der Waals surface area contributed by atoms with Crippen LogP contribution in [0.5, 0.6) is 0 Å². The number of halogens is 1. The van der Waals surface area contributed by atoms with Crippen molar-refractivity contribution in [2.75, 3.05) is 44.2 Å². The molecule has 1 saturated heterocycles. The summed E-state index contributed by atoms with van der Waals surface area (Å²) in [5.41, 5.74) is 7.95. The van der Waals surface area contributed by atoms with Gasteiger partial charge in [-0.15, -0.1) is 0 Å². The van der Waals surface area contributed by atoms with Gasteiger partial charge in [-0.3, -0.25) is 9.69 Å². The Labute approximate surface area is 180 Å². The van der Waals surface area contributed by atoms with Gasteiger partial charge in [-0.1, -0.05) is 17.7 Å². The summed E-state index contributed by atoms with van der Waals surface area (Å²) in [6, 6.07) is 6.58. The van der Waals surface area contributed by atoms with Gasteiger partial charge in [-0.05, 0) is 82.2 Å². The van der Waals surface area contributed by atoms with Crippen LogP contribution in [0.15, 0.2) is 18.2 Å². The highest BCUT2D eigenvalue weighted by Gasteiger charge is 2.24. The summed E-state index contributed by atoms with van der Waals surface area (Å²) in [7, 11) is 0. The van der Waals surface area contributed by atoms with Crippen molar-refractivity contribution >= 4 is 23.2 Å². The van der Waals surface area contributed by atoms with Crippen LogP contribution in [0, 0.1) is 12.8 Å². The molecule has 1 amide bonds. The number of hydrogen-bond acceptors (Lipinski definition) is 4. The number of anilines is 1. The van der Waals surface area contributed by atoms with E-state index in [2.05, 4.69) is 28.1 Å². The number of amides is 1. The molecular weight excluding hydrogens is 384 g/mol. The standard InChI is InChI=1S/C23H37ClN4O/c1-18-21(24)4-2-5-22(18)28-16-14-27(15-17-28)13-11-19-7-9-20(10-8-19)26-23(29)6-3-12-25/h2,4-5,19-20H,3,6-17,25H2,1H3,(H,26,29). The fourth-order valence-electron chi connectivity index (χ4n) is 4.67. The molecule has 1 heterocycles. The first kappa shape index (κ1) is 22.4. The molecule has 1 aromatic carbocycles. The van der Waals surface area contributed by atoms with Crippen molar-refractivity contribution in [3.63, 3.8) is 0 Å². The Morgan fingerprint density at radius 1 is 1.17 bits per heavy atom. The van der Waals surface area contributed by atoms with E-state index in [9.17, 15) is 4.79 Å². The monoisotopic (exact) mass is 420 g/mol. The molecule has 0 atom stereocenters. The topological polar surface area (TPSA) is 61.6 Å². The Kier molecular flexibility index (Phi) is 8.64. The highest BCUT2D eigenvalue weighted by molar-refractivity contribution is 6.31. The summed E-state index contributed by atoms with van der Waals surface area (Å²) in [4.78, 5) is 16.9. The highest BCUT2D eigenvalue weighted by atomic mass is 35.5. The van der Waals surface area contributed by atoms with Gasteiger partial charge in [0.2, 0.25) is 5.91 Å². The van der Waals surface area contributed by atoms with Crippen LogP contribution in [0.2, 0.25) is 5.02 Å². The van der Waals surface area contributed by atoms with Crippen LogP contribution < -0.4 is 16.0 Å². The van der Waals surface area contributed by atoms with E-state index < -0.39 is 0 Å². The number of benzene rings is 1. The third-order valence-corrected chi connectivity index (χ3v) is 7.03. The molecule has 0 aromatic heterocycles. The molecule has 29 heavy (non-hydrogen) atoms. The summed E-state index contributed by atoms with van der Waals surface area (Å²) in [5, 5.41) is 4.05. The third kappa shape index (κ3) is 6.59. The van der Waals surface area contributed by atoms with E-state index in [0.29, 0.717) is 19.0 Å². The van der Waals surface area contributed by atoms with Crippen molar-refractivity contribution in [2.24, 2.45) is 11.7 Å². The second-order valence-corrected chi connectivity index (χ2v) is 9.09. The first-order valence-corrected chi connectivity index (χ1v) is 11.7. The lowest BCUT2D eigenvalue weighted by Crippen LogP contribution is -2.47. The zero-order valence-corrected chi connectivity index (χ0v) is 18.6. The highest BCUT2D eigenvalue weighted by Crippen LogP contribution is 2.29. The Hall–Kier alpha value is -1.30. The minimum atomic E-state index is 0.173. The Balaban J connectivity index is 1.33. The van der Waals surface area contributed by atoms with Gasteiger partial charge in [0.25, 0.3) is 0 Å². The molecule has 0 bridgehead atoms. The van der Waals surface area contributed by atoms with Gasteiger partial charge < -0.3 is 16.0 Å². The fraction of sp³-hybridized carbons (Fsp3) is 0.696. The Morgan fingerprint density at radius 3 is 2.59 bits per heavy atom. The molecule has 3 rings (SSSR count). The molecule has 6 heteroatoms. The molecule has 1 aliphatic heterocycles. The zero-order valence-electron chi connectivity index (χ0n) is 17.8. The van der Waals surface area contributed by atoms with Crippen molar-refractivity contribution in [1.82, 2.24) is 10.2 Å². The van der Waals surface area contributed by atoms with Crippen LogP contribution in [0.4, 0.5) is 5.69 Å². The summed E-state index contributed by atoms with van der Waals surface area (Å²) >= 11 is 6.29. The maximum atomic E-state index is 11.9. The molecule has 162 valence electrons. The SMILES string of the molecule is Cc1c(Cl)cccc1N1CCN(CCC2CCC(NC(=O)CCCN)CC2)CC1. The lowest BCUT2D eigenvalue weighted by atomic mass is 9.84. The Morgan fingerprint density at radius 2 is 1.90 bits per heavy atom. The quantitative estimate of drug-likeness (QED) is 0.674. The molecule has 3 N–H and O–H groups in total. The zero-order chi connectivity index (χ0) is 20.6. The van der Waals surface area contributed by atoms with E-state index in [-0.39, 0.29) is 5.91 Å². The predicted molar refractivity (Wildman–Crippen MR) is 122 cm³/mol. The average molecular weight is 421 g/mol. The van der Waals surface area contributed by atoms with Gasteiger partial charge in [-0.2, -0.15) is 0 Å². The van der Waals surface area contributed by atoms with Gasteiger partial charge in [0.1, 0.15) is 0 Å². The number of carbonyl (C=O) groups excluding carboxylic acids is 1. The maximum absolute atomic E-state index is 11.9. The van der Waals surface area contributed by atoms with E-state index in [1.165, 1.54) is 37.1 Å². The lowest BCUT2D eigenvalue weighted by molar-refractivity contribution is -0.122. The van der Waals surface area contributed by atoms with Crippen LogP contribution in [0.25, 0.3) is 0 Å². The molecule has 0 unspecified atom stereocenters. The Bertz CT molecular complexity index is 652. The first-order chi connectivity index (χ1) is 14.1. The van der Waals surface area contributed by atoms with Crippen molar-refractivity contribution < 1.29 is 4.79 Å². The van der Waals surface area contributed by atoms with Crippen LogP contribution in [0.1, 0.15) is 50.5 Å². The smallest absolute Gasteiger partial charge is 0.220 e. The number of nitrogens with zero attached hydrogens (tertiary/aromatic N) is 2. The first-order valence-electron chi connectivity index (χ1n) is 11.3. The number of hydrogen-bond donors (Lipinski definition) is 2. The molecule has 1 aromatic rings. The van der Waals surface area contributed by atoms with Gasteiger partial charge in [0.15, 0.2) is 0 Å². The van der Waals surface area contributed by atoms with Gasteiger partial charge in [-0.25, -0.2) is 0 Å². The molecule has 1 saturated carbocycles. The number of rotatable bonds is 8. The van der Waals surface area contributed by atoms with Crippen LogP contribution in [-0.4, -0.2) is 56.1 Å². The number of carbonyl (C=O) groups is 1. The molecule has 0 radical (unpaired) electrons. The van der Waals surface area contributed by atoms with E-state index in [1.54, 1.807) is 0 Å². The molecule has 5 nitrogen and oxygen atoms in total. The molecule has 1 aliphatic carbocycles. The molecule has 0 spiro atoms. The van der Waals surface area contributed by atoms with Crippen molar-refractivity contribution in [3.05, 3.63) is 28.8 Å².